The molecule has 2 aromatic heterocycles. The Morgan fingerprint density at radius 2 is 1.88 bits per heavy atom. The van der Waals surface area contributed by atoms with Crippen LogP contribution in [0.15, 0.2) is 55.2 Å². The number of benzene rings is 1. The SMILES string of the molecule is O=C(c1cnccn1)N1CCC(c2nncn2-c2ccccc2)CC1. The Bertz CT molecular complexity index is 840. The van der Waals surface area contributed by atoms with E-state index >= 15 is 0 Å². The predicted molar refractivity (Wildman–Crippen MR) is 91.3 cm³/mol. The number of nitrogens with zero attached hydrogens (tertiary/aromatic N) is 6. The van der Waals surface area contributed by atoms with Crippen LogP contribution in [0, 0.1) is 0 Å². The van der Waals surface area contributed by atoms with Gasteiger partial charge in [-0.3, -0.25) is 14.3 Å². The van der Waals surface area contributed by atoms with Crippen molar-refractivity contribution in [3.63, 3.8) is 0 Å². The highest BCUT2D eigenvalue weighted by Gasteiger charge is 2.28. The lowest BCUT2D eigenvalue weighted by molar-refractivity contribution is 0.0704. The van der Waals surface area contributed by atoms with Crippen molar-refractivity contribution in [1.29, 1.82) is 0 Å². The smallest absolute Gasteiger partial charge is 0.274 e. The van der Waals surface area contributed by atoms with Gasteiger partial charge in [-0.1, -0.05) is 18.2 Å². The molecular weight excluding hydrogens is 316 g/mol. The standard InChI is InChI=1S/C18H18N6O/c25-18(16-12-19-8-9-20-16)23-10-6-14(7-11-23)17-22-21-13-24(17)15-4-2-1-3-5-15/h1-5,8-9,12-14H,6-7,10-11H2. The molecule has 0 unspecified atom stereocenters. The fourth-order valence-electron chi connectivity index (χ4n) is 3.22. The zero-order valence-electron chi connectivity index (χ0n) is 13.7. The maximum atomic E-state index is 12.5. The fourth-order valence-corrected chi connectivity index (χ4v) is 3.22. The highest BCUT2D eigenvalue weighted by atomic mass is 16.2. The molecule has 3 aromatic rings. The lowest BCUT2D eigenvalue weighted by Gasteiger charge is -2.31. The van der Waals surface area contributed by atoms with Gasteiger partial charge in [-0.25, -0.2) is 4.98 Å². The van der Waals surface area contributed by atoms with Crippen LogP contribution in [0.25, 0.3) is 5.69 Å². The Hall–Kier alpha value is -3.09. The van der Waals surface area contributed by atoms with Gasteiger partial charge in [0.05, 0.1) is 6.20 Å². The van der Waals surface area contributed by atoms with E-state index in [1.54, 1.807) is 18.7 Å². The summed E-state index contributed by atoms with van der Waals surface area (Å²) >= 11 is 0. The van der Waals surface area contributed by atoms with Crippen LogP contribution in [-0.4, -0.2) is 48.6 Å². The summed E-state index contributed by atoms with van der Waals surface area (Å²) in [6, 6.07) is 10.1. The number of hydrogen-bond acceptors (Lipinski definition) is 5. The molecule has 3 heterocycles. The van der Waals surface area contributed by atoms with Gasteiger partial charge in [0.2, 0.25) is 0 Å². The second-order valence-electron chi connectivity index (χ2n) is 6.05. The molecule has 1 amide bonds. The fraction of sp³-hybridized carbons (Fsp3) is 0.278. The molecule has 7 nitrogen and oxygen atoms in total. The van der Waals surface area contributed by atoms with E-state index in [1.807, 2.05) is 39.8 Å². The summed E-state index contributed by atoms with van der Waals surface area (Å²) in [5.74, 6) is 1.18. The number of carbonyl (C=O) groups is 1. The number of carbonyl (C=O) groups excluding carboxylic acids is 1. The molecule has 1 fully saturated rings. The lowest BCUT2D eigenvalue weighted by Crippen LogP contribution is -2.38. The van der Waals surface area contributed by atoms with Gasteiger partial charge in [-0.15, -0.1) is 10.2 Å². The topological polar surface area (TPSA) is 76.8 Å². The zero-order valence-corrected chi connectivity index (χ0v) is 13.7. The van der Waals surface area contributed by atoms with E-state index in [4.69, 9.17) is 0 Å². The van der Waals surface area contributed by atoms with Gasteiger partial charge < -0.3 is 4.90 Å². The van der Waals surface area contributed by atoms with Crippen LogP contribution < -0.4 is 0 Å². The first-order valence-electron chi connectivity index (χ1n) is 8.33. The van der Waals surface area contributed by atoms with Gasteiger partial charge in [-0.2, -0.15) is 0 Å². The number of rotatable bonds is 3. The van der Waals surface area contributed by atoms with Crippen molar-refractivity contribution >= 4 is 5.91 Å². The number of amides is 1. The highest BCUT2D eigenvalue weighted by Crippen LogP contribution is 2.28. The Balaban J connectivity index is 1.47. The van der Waals surface area contributed by atoms with Gasteiger partial charge in [0.25, 0.3) is 5.91 Å². The molecule has 25 heavy (non-hydrogen) atoms. The summed E-state index contributed by atoms with van der Waals surface area (Å²) in [4.78, 5) is 22.4. The van der Waals surface area contributed by atoms with Crippen LogP contribution in [0.4, 0.5) is 0 Å². The van der Waals surface area contributed by atoms with Crippen LogP contribution in [0.1, 0.15) is 35.1 Å². The second kappa shape index (κ2) is 6.80. The molecule has 0 atom stereocenters. The second-order valence-corrected chi connectivity index (χ2v) is 6.05. The quantitative estimate of drug-likeness (QED) is 0.733. The van der Waals surface area contributed by atoms with Gasteiger partial charge in [0, 0.05) is 37.1 Å². The molecule has 0 aliphatic carbocycles. The number of likely N-dealkylation sites (tertiary alicyclic amines) is 1. The Morgan fingerprint density at radius 1 is 1.08 bits per heavy atom. The van der Waals surface area contributed by atoms with E-state index in [-0.39, 0.29) is 11.8 Å². The minimum Gasteiger partial charge on any atom is -0.337 e. The molecule has 126 valence electrons. The lowest BCUT2D eigenvalue weighted by atomic mass is 9.95. The minimum absolute atomic E-state index is 0.0592. The van der Waals surface area contributed by atoms with Crippen molar-refractivity contribution in [2.24, 2.45) is 0 Å². The molecule has 7 heteroatoms. The number of para-hydroxylation sites is 1. The van der Waals surface area contributed by atoms with Gasteiger partial charge in [-0.05, 0) is 25.0 Å². The average molecular weight is 334 g/mol. The summed E-state index contributed by atoms with van der Waals surface area (Å²) in [6.07, 6.45) is 8.10. The molecular formula is C18H18N6O. The molecule has 1 aliphatic rings. The number of aromatic nitrogens is 5. The van der Waals surface area contributed by atoms with Crippen molar-refractivity contribution in [3.05, 3.63) is 66.8 Å². The van der Waals surface area contributed by atoms with E-state index in [9.17, 15) is 4.79 Å². The minimum atomic E-state index is -0.0592. The third-order valence-electron chi connectivity index (χ3n) is 4.54. The van der Waals surface area contributed by atoms with E-state index < -0.39 is 0 Å². The van der Waals surface area contributed by atoms with Crippen molar-refractivity contribution in [3.8, 4) is 5.69 Å². The van der Waals surface area contributed by atoms with Crippen molar-refractivity contribution in [2.45, 2.75) is 18.8 Å². The summed E-state index contributed by atoms with van der Waals surface area (Å²) in [5.41, 5.74) is 1.45. The third-order valence-corrected chi connectivity index (χ3v) is 4.54. The van der Waals surface area contributed by atoms with Crippen molar-refractivity contribution in [2.75, 3.05) is 13.1 Å². The van der Waals surface area contributed by atoms with Crippen LogP contribution in [-0.2, 0) is 0 Å². The first-order chi connectivity index (χ1) is 12.3. The first-order valence-corrected chi connectivity index (χ1v) is 8.33. The van der Waals surface area contributed by atoms with Crippen LogP contribution >= 0.6 is 0 Å². The van der Waals surface area contributed by atoms with Gasteiger partial charge in [0.1, 0.15) is 17.8 Å². The summed E-state index contributed by atoms with van der Waals surface area (Å²) in [5, 5.41) is 8.42. The first kappa shape index (κ1) is 15.4. The molecule has 1 aliphatic heterocycles. The molecule has 1 saturated heterocycles. The summed E-state index contributed by atoms with van der Waals surface area (Å²) in [6.45, 7) is 1.36. The Kier molecular flexibility index (Phi) is 4.20. The molecule has 0 spiro atoms. The van der Waals surface area contributed by atoms with Crippen LogP contribution in [0.5, 0.6) is 0 Å². The monoisotopic (exact) mass is 334 g/mol. The molecule has 4 rings (SSSR count). The highest BCUT2D eigenvalue weighted by molar-refractivity contribution is 5.92. The maximum Gasteiger partial charge on any atom is 0.274 e. The van der Waals surface area contributed by atoms with E-state index in [2.05, 4.69) is 20.2 Å². The van der Waals surface area contributed by atoms with E-state index in [1.165, 1.54) is 6.20 Å². The predicted octanol–water partition coefficient (Wildman–Crippen LogP) is 2.08. The van der Waals surface area contributed by atoms with Gasteiger partial charge >= 0.3 is 0 Å². The van der Waals surface area contributed by atoms with E-state index in [0.29, 0.717) is 18.8 Å². The van der Waals surface area contributed by atoms with Crippen molar-refractivity contribution < 1.29 is 4.79 Å². The zero-order chi connectivity index (χ0) is 17.1. The summed E-state index contributed by atoms with van der Waals surface area (Å²) in [7, 11) is 0. The molecule has 0 saturated carbocycles. The molecule has 0 N–H and O–H groups in total. The molecule has 1 aromatic carbocycles. The number of piperidine rings is 1. The van der Waals surface area contributed by atoms with Gasteiger partial charge in [0.15, 0.2) is 0 Å². The van der Waals surface area contributed by atoms with E-state index in [0.717, 1.165) is 24.4 Å². The summed E-state index contributed by atoms with van der Waals surface area (Å²) < 4.78 is 2.03. The average Bonchev–Trinajstić information content (AvgIpc) is 3.19. The Morgan fingerprint density at radius 3 is 2.60 bits per heavy atom. The maximum absolute atomic E-state index is 12.5. The Labute approximate surface area is 145 Å². The van der Waals surface area contributed by atoms with Crippen molar-refractivity contribution in [1.82, 2.24) is 29.6 Å². The normalized spacial score (nSPS) is 15.3. The molecule has 0 bridgehead atoms. The van der Waals surface area contributed by atoms with Crippen LogP contribution in [0.3, 0.4) is 0 Å². The van der Waals surface area contributed by atoms with Crippen LogP contribution in [0.2, 0.25) is 0 Å². The largest absolute Gasteiger partial charge is 0.337 e. The molecule has 0 radical (unpaired) electrons. The third kappa shape index (κ3) is 3.13. The number of hydrogen-bond donors (Lipinski definition) is 0.